The molecule has 2 atom stereocenters. The van der Waals surface area contributed by atoms with Gasteiger partial charge in [0.1, 0.15) is 17.2 Å². The molecular weight excluding hydrogens is 504 g/mol. The molecule has 204 valence electrons. The molecular formula is C38H34O3. The average molecular weight is 539 g/mol. The second-order valence-electron chi connectivity index (χ2n) is 11.7. The van der Waals surface area contributed by atoms with Gasteiger partial charge in [0.25, 0.3) is 0 Å². The zero-order valence-corrected chi connectivity index (χ0v) is 23.7. The maximum atomic E-state index is 7.40. The first kappa shape index (κ1) is 24.5. The van der Waals surface area contributed by atoms with Gasteiger partial charge in [-0.05, 0) is 95.5 Å². The lowest BCUT2D eigenvalue weighted by atomic mass is 9.67. The van der Waals surface area contributed by atoms with E-state index in [1.165, 1.54) is 46.7 Å². The van der Waals surface area contributed by atoms with Crippen molar-refractivity contribution in [3.05, 3.63) is 124 Å². The Kier molecular flexibility index (Phi) is 5.63. The molecule has 4 aliphatic rings. The van der Waals surface area contributed by atoms with Gasteiger partial charge in [-0.25, -0.2) is 0 Å². The first-order chi connectivity index (χ1) is 20.2. The van der Waals surface area contributed by atoms with E-state index in [4.69, 9.17) is 14.2 Å². The normalized spacial score (nSPS) is 21.5. The molecule has 2 unspecified atom stereocenters. The predicted molar refractivity (Wildman–Crippen MR) is 166 cm³/mol. The number of hydrogen-bond donors (Lipinski definition) is 0. The molecule has 1 fully saturated rings. The smallest absolute Gasteiger partial charge is 0.178 e. The summed E-state index contributed by atoms with van der Waals surface area (Å²) in [5.74, 6) is 3.80. The number of hydrogen-bond acceptors (Lipinski definition) is 3. The third kappa shape index (κ3) is 3.58. The molecule has 0 spiro atoms. The highest BCUT2D eigenvalue weighted by molar-refractivity contribution is 6.04. The first-order valence-corrected chi connectivity index (χ1v) is 14.9. The van der Waals surface area contributed by atoms with Gasteiger partial charge in [-0.15, -0.1) is 0 Å². The second-order valence-corrected chi connectivity index (χ2v) is 11.7. The summed E-state index contributed by atoms with van der Waals surface area (Å²) in [4.78, 5) is 0. The molecule has 4 aromatic carbocycles. The van der Waals surface area contributed by atoms with Gasteiger partial charge in [-0.1, -0.05) is 73.2 Å². The van der Waals surface area contributed by atoms with Crippen molar-refractivity contribution in [1.29, 1.82) is 0 Å². The molecule has 1 aliphatic heterocycles. The van der Waals surface area contributed by atoms with E-state index in [2.05, 4.69) is 72.8 Å². The Morgan fingerprint density at radius 2 is 1.41 bits per heavy atom. The average Bonchev–Trinajstić information content (AvgIpc) is 3.55. The van der Waals surface area contributed by atoms with Crippen LogP contribution in [0.15, 0.2) is 96.6 Å². The van der Waals surface area contributed by atoms with Crippen LogP contribution in [0.3, 0.4) is 0 Å². The maximum Gasteiger partial charge on any atom is 0.178 e. The molecule has 1 heterocycles. The molecule has 3 aliphatic carbocycles. The van der Waals surface area contributed by atoms with Crippen LogP contribution in [-0.2, 0) is 5.60 Å². The van der Waals surface area contributed by atoms with Gasteiger partial charge in [0.2, 0.25) is 0 Å². The summed E-state index contributed by atoms with van der Waals surface area (Å²) in [6.45, 7) is 0. The molecule has 8 rings (SSSR count). The Hall–Kier alpha value is -4.24. The molecule has 0 aromatic heterocycles. The van der Waals surface area contributed by atoms with E-state index in [9.17, 15) is 0 Å². The van der Waals surface area contributed by atoms with E-state index in [-0.39, 0.29) is 0 Å². The highest BCUT2D eigenvalue weighted by atomic mass is 16.5. The highest BCUT2D eigenvalue weighted by Gasteiger charge is 2.44. The van der Waals surface area contributed by atoms with Crippen LogP contribution in [0.1, 0.15) is 65.8 Å². The van der Waals surface area contributed by atoms with E-state index >= 15 is 0 Å². The summed E-state index contributed by atoms with van der Waals surface area (Å²) in [7, 11) is 3.41. The van der Waals surface area contributed by atoms with Gasteiger partial charge in [-0.2, -0.15) is 0 Å². The molecule has 0 radical (unpaired) electrons. The fourth-order valence-corrected chi connectivity index (χ4v) is 7.96. The summed E-state index contributed by atoms with van der Waals surface area (Å²) in [6.07, 6.45) is 15.5. The zero-order chi connectivity index (χ0) is 27.6. The molecule has 0 N–H and O–H groups in total. The van der Waals surface area contributed by atoms with Crippen molar-refractivity contribution in [2.45, 2.75) is 43.6 Å². The largest absolute Gasteiger partial charge is 0.497 e. The van der Waals surface area contributed by atoms with Crippen LogP contribution >= 0.6 is 0 Å². The quantitative estimate of drug-likeness (QED) is 0.259. The van der Waals surface area contributed by atoms with E-state index in [0.717, 1.165) is 41.2 Å². The Balaban J connectivity index is 1.40. The summed E-state index contributed by atoms with van der Waals surface area (Å²) in [6, 6.07) is 25.5. The zero-order valence-electron chi connectivity index (χ0n) is 23.7. The van der Waals surface area contributed by atoms with E-state index in [1.807, 2.05) is 24.3 Å². The second kappa shape index (κ2) is 9.41. The minimum Gasteiger partial charge on any atom is -0.497 e. The van der Waals surface area contributed by atoms with E-state index in [1.54, 1.807) is 25.4 Å². The minimum absolute atomic E-state index is 0.535. The van der Waals surface area contributed by atoms with Crippen molar-refractivity contribution in [2.75, 3.05) is 14.2 Å². The summed E-state index contributed by atoms with van der Waals surface area (Å²) in [5, 5.41) is 2.51. The fraction of sp³-hybridized carbons (Fsp3) is 0.263. The van der Waals surface area contributed by atoms with Crippen molar-refractivity contribution < 1.29 is 14.2 Å². The van der Waals surface area contributed by atoms with Crippen LogP contribution in [0.4, 0.5) is 0 Å². The van der Waals surface area contributed by atoms with Crippen LogP contribution in [0.25, 0.3) is 22.4 Å². The molecule has 1 saturated carbocycles. The van der Waals surface area contributed by atoms with Crippen molar-refractivity contribution in [1.82, 2.24) is 0 Å². The lowest BCUT2D eigenvalue weighted by Crippen LogP contribution is -2.35. The Morgan fingerprint density at radius 3 is 2.10 bits per heavy atom. The van der Waals surface area contributed by atoms with Gasteiger partial charge in [0.05, 0.1) is 14.2 Å². The molecule has 3 heteroatoms. The van der Waals surface area contributed by atoms with Crippen molar-refractivity contribution in [3.8, 4) is 17.2 Å². The fourth-order valence-electron chi connectivity index (χ4n) is 7.96. The summed E-state index contributed by atoms with van der Waals surface area (Å²) < 4.78 is 18.4. The Labute approximate surface area is 241 Å². The number of benzene rings is 4. The molecule has 0 bridgehead atoms. The van der Waals surface area contributed by atoms with Gasteiger partial charge < -0.3 is 14.2 Å². The maximum absolute atomic E-state index is 7.40. The third-order valence-electron chi connectivity index (χ3n) is 9.83. The number of rotatable bonds is 4. The molecule has 4 aromatic rings. The molecule has 0 amide bonds. The Bertz CT molecular complexity index is 1710. The summed E-state index contributed by atoms with van der Waals surface area (Å²) >= 11 is 0. The topological polar surface area (TPSA) is 27.7 Å². The van der Waals surface area contributed by atoms with Crippen LogP contribution in [-0.4, -0.2) is 14.2 Å². The molecule has 41 heavy (non-hydrogen) atoms. The lowest BCUT2D eigenvalue weighted by molar-refractivity contribution is 0.163. The van der Waals surface area contributed by atoms with Crippen LogP contribution in [0.2, 0.25) is 0 Å². The van der Waals surface area contributed by atoms with E-state index in [0.29, 0.717) is 11.8 Å². The van der Waals surface area contributed by atoms with Gasteiger partial charge >= 0.3 is 0 Å². The number of fused-ring (bicyclic) bond motifs is 10. The number of allylic oxidation sites excluding steroid dienone is 4. The predicted octanol–water partition coefficient (Wildman–Crippen LogP) is 9.21. The van der Waals surface area contributed by atoms with Gasteiger partial charge in [0.15, 0.2) is 5.60 Å². The van der Waals surface area contributed by atoms with E-state index < -0.39 is 5.60 Å². The van der Waals surface area contributed by atoms with Crippen molar-refractivity contribution >= 4 is 22.4 Å². The SMILES string of the molecule is COc1ccc(C2(c3ccc(OC)cc3)C=Cc3c4c(c5ccccc5c3O2)C2=C(C=CCC2)C2CCCC42)cc1. The first-order valence-electron chi connectivity index (χ1n) is 14.9. The third-order valence-corrected chi connectivity index (χ3v) is 9.83. The van der Waals surface area contributed by atoms with Crippen LogP contribution in [0, 0.1) is 5.92 Å². The lowest BCUT2D eigenvalue weighted by Gasteiger charge is -2.41. The van der Waals surface area contributed by atoms with Gasteiger partial charge in [-0.3, -0.25) is 0 Å². The summed E-state index contributed by atoms with van der Waals surface area (Å²) in [5.41, 5.74) is 8.78. The van der Waals surface area contributed by atoms with Gasteiger partial charge in [0, 0.05) is 22.1 Å². The van der Waals surface area contributed by atoms with Crippen LogP contribution in [0.5, 0.6) is 17.2 Å². The number of ether oxygens (including phenoxy) is 3. The van der Waals surface area contributed by atoms with Crippen molar-refractivity contribution in [2.24, 2.45) is 5.92 Å². The van der Waals surface area contributed by atoms with Crippen molar-refractivity contribution in [3.63, 3.8) is 0 Å². The Morgan fingerprint density at radius 1 is 0.756 bits per heavy atom. The highest BCUT2D eigenvalue weighted by Crippen LogP contribution is 2.59. The number of methoxy groups -OCH3 is 2. The standard InChI is InChI=1S/C38H34O3/c1-39-26-18-14-24(15-19-26)38(25-16-20-27(40-2)21-17-25)23-22-34-36-31-13-7-12-29(31)28-8-3-4-9-30(28)35(36)32-10-5-6-11-33(32)37(34)41-38/h3,5-6,8,10-11,14-23,29,31H,4,7,9,12-13H2,1-2H3. The monoisotopic (exact) mass is 538 g/mol. The molecule has 0 saturated heterocycles. The molecule has 3 nitrogen and oxygen atoms in total. The van der Waals surface area contributed by atoms with Crippen LogP contribution < -0.4 is 14.2 Å². The minimum atomic E-state index is -0.787.